The summed E-state index contributed by atoms with van der Waals surface area (Å²) in [6.07, 6.45) is 3.56. The van der Waals surface area contributed by atoms with Gasteiger partial charge in [-0.3, -0.25) is 4.79 Å². The van der Waals surface area contributed by atoms with Crippen LogP contribution < -0.4 is 4.74 Å². The molecule has 6 nitrogen and oxygen atoms in total. The largest absolute Gasteiger partial charge is 0.479 e. The number of carbonyl (C=O) groups is 1. The molecule has 2 rings (SSSR count). The Balaban J connectivity index is 2.45. The van der Waals surface area contributed by atoms with Crippen molar-refractivity contribution >= 4 is 25.5 Å². The highest BCUT2D eigenvalue weighted by atomic mass is 32.2. The summed E-state index contributed by atoms with van der Waals surface area (Å²) in [5, 5.41) is 0. The van der Waals surface area contributed by atoms with Gasteiger partial charge in [-0.2, -0.15) is 0 Å². The van der Waals surface area contributed by atoms with Crippen molar-refractivity contribution in [3.05, 3.63) is 29.8 Å². The molecule has 0 aromatic heterocycles. The van der Waals surface area contributed by atoms with Gasteiger partial charge in [-0.15, -0.1) is 0 Å². The van der Waals surface area contributed by atoms with Gasteiger partial charge in [-0.05, 0) is 18.9 Å². The first-order chi connectivity index (χ1) is 12.0. The second kappa shape index (κ2) is 7.68. The molecule has 0 N–H and O–H groups in total. The Hall–Kier alpha value is -1.41. The number of para-hydroxylation sites is 1. The third-order valence-corrected chi connectivity index (χ3v) is 6.60. The summed E-state index contributed by atoms with van der Waals surface area (Å²) in [6.45, 7) is 1.91. The van der Waals surface area contributed by atoms with Crippen LogP contribution in [-0.4, -0.2) is 52.2 Å². The molecule has 8 heteroatoms. The maximum absolute atomic E-state index is 13.3. The number of Topliss-reactive ketones (excluding diaryl/α,β-unsaturated/α-hetero) is 1. The van der Waals surface area contributed by atoms with Gasteiger partial charge in [-0.1, -0.05) is 31.5 Å². The van der Waals surface area contributed by atoms with Crippen molar-refractivity contribution in [3.63, 3.8) is 0 Å². The molecule has 1 aromatic carbocycles. The van der Waals surface area contributed by atoms with Gasteiger partial charge in [0.05, 0.1) is 17.4 Å². The first-order valence-corrected chi connectivity index (χ1v) is 12.8. The normalized spacial score (nSPS) is 23.3. The Kier molecular flexibility index (Phi) is 6.17. The lowest BCUT2D eigenvalue weighted by atomic mass is 9.76. The minimum Gasteiger partial charge on any atom is -0.479 e. The molecule has 0 amide bonds. The van der Waals surface area contributed by atoms with Crippen molar-refractivity contribution in [2.45, 2.75) is 44.1 Å². The Morgan fingerprint density at radius 2 is 1.62 bits per heavy atom. The van der Waals surface area contributed by atoms with Crippen LogP contribution in [0.5, 0.6) is 5.75 Å². The van der Waals surface area contributed by atoms with E-state index in [9.17, 15) is 21.6 Å². The SMILES string of the molecule is CCCC1(CCS(C)(=O)=O)Oc2ccccc2C(CCS(C)(=O)=O)C1=O. The standard InChI is InChI=1S/C18H26O6S2/c1-4-10-18(11-13-26(3,22)23)17(19)15(9-12-25(2,20)21)14-7-5-6-8-16(14)24-18/h5-8,15H,4,9-13H2,1-3H3. The van der Waals surface area contributed by atoms with Gasteiger partial charge < -0.3 is 4.74 Å². The molecule has 1 aromatic rings. The van der Waals surface area contributed by atoms with Crippen LogP contribution in [-0.2, 0) is 24.5 Å². The van der Waals surface area contributed by atoms with Crippen molar-refractivity contribution in [2.24, 2.45) is 0 Å². The number of hydrogen-bond acceptors (Lipinski definition) is 6. The third kappa shape index (κ3) is 5.07. The van der Waals surface area contributed by atoms with E-state index in [2.05, 4.69) is 0 Å². The molecule has 1 aliphatic heterocycles. The van der Waals surface area contributed by atoms with E-state index in [1.165, 1.54) is 0 Å². The highest BCUT2D eigenvalue weighted by Gasteiger charge is 2.48. The second-order valence-electron chi connectivity index (χ2n) is 7.10. The summed E-state index contributed by atoms with van der Waals surface area (Å²) in [6, 6.07) is 7.09. The zero-order chi connectivity index (χ0) is 19.6. The average molecular weight is 403 g/mol. The Labute approximate surface area is 155 Å². The predicted molar refractivity (Wildman–Crippen MR) is 101 cm³/mol. The van der Waals surface area contributed by atoms with Crippen molar-refractivity contribution in [3.8, 4) is 5.75 Å². The van der Waals surface area contributed by atoms with Crippen LogP contribution in [0.4, 0.5) is 0 Å². The fraction of sp³-hybridized carbons (Fsp3) is 0.611. The molecule has 0 radical (unpaired) electrons. The van der Waals surface area contributed by atoms with Gasteiger partial charge in [-0.25, -0.2) is 16.8 Å². The second-order valence-corrected chi connectivity index (χ2v) is 11.6. The summed E-state index contributed by atoms with van der Waals surface area (Å²) in [5.74, 6) is -0.551. The zero-order valence-corrected chi connectivity index (χ0v) is 17.0. The smallest absolute Gasteiger partial charge is 0.183 e. The molecule has 0 aliphatic carbocycles. The summed E-state index contributed by atoms with van der Waals surface area (Å²) in [4.78, 5) is 13.3. The molecule has 146 valence electrons. The van der Waals surface area contributed by atoms with Gasteiger partial charge in [0, 0.05) is 24.5 Å². The molecule has 0 spiro atoms. The number of rotatable bonds is 8. The van der Waals surface area contributed by atoms with Crippen LogP contribution in [0.15, 0.2) is 24.3 Å². The van der Waals surface area contributed by atoms with E-state index in [4.69, 9.17) is 4.74 Å². The Morgan fingerprint density at radius 1 is 1.00 bits per heavy atom. The summed E-state index contributed by atoms with van der Waals surface area (Å²) < 4.78 is 52.6. The maximum Gasteiger partial charge on any atom is 0.183 e. The van der Waals surface area contributed by atoms with Gasteiger partial charge in [0.25, 0.3) is 0 Å². The summed E-state index contributed by atoms with van der Waals surface area (Å²) in [7, 11) is -6.49. The van der Waals surface area contributed by atoms with Crippen molar-refractivity contribution in [2.75, 3.05) is 24.0 Å². The number of ketones is 1. The fourth-order valence-corrected chi connectivity index (χ4v) is 4.79. The van der Waals surface area contributed by atoms with Crippen LogP contribution in [0.3, 0.4) is 0 Å². The first-order valence-electron chi connectivity index (χ1n) is 8.65. The topological polar surface area (TPSA) is 94.6 Å². The molecule has 26 heavy (non-hydrogen) atoms. The molecule has 0 saturated heterocycles. The highest BCUT2D eigenvalue weighted by Crippen LogP contribution is 2.43. The fourth-order valence-electron chi connectivity index (χ4n) is 3.43. The number of hydrogen-bond donors (Lipinski definition) is 0. The third-order valence-electron chi connectivity index (χ3n) is 4.67. The van der Waals surface area contributed by atoms with E-state index in [0.717, 1.165) is 12.5 Å². The van der Waals surface area contributed by atoms with Gasteiger partial charge in [0.2, 0.25) is 0 Å². The molecule has 0 bridgehead atoms. The number of fused-ring (bicyclic) bond motifs is 1. The lowest BCUT2D eigenvalue weighted by molar-refractivity contribution is -0.139. The van der Waals surface area contributed by atoms with Crippen LogP contribution in [0.25, 0.3) is 0 Å². The van der Waals surface area contributed by atoms with Crippen molar-refractivity contribution in [1.29, 1.82) is 0 Å². The first kappa shape index (κ1) is 20.9. The number of sulfone groups is 2. The molecule has 2 atom stereocenters. The predicted octanol–water partition coefficient (Wildman–Crippen LogP) is 2.14. The molecule has 1 heterocycles. The zero-order valence-electron chi connectivity index (χ0n) is 15.4. The lowest BCUT2D eigenvalue weighted by Crippen LogP contribution is -2.51. The van der Waals surface area contributed by atoms with Crippen molar-refractivity contribution in [1.82, 2.24) is 0 Å². The number of carbonyl (C=O) groups excluding carboxylic acids is 1. The van der Waals surface area contributed by atoms with E-state index < -0.39 is 31.2 Å². The van der Waals surface area contributed by atoms with Crippen LogP contribution in [0, 0.1) is 0 Å². The lowest BCUT2D eigenvalue weighted by Gasteiger charge is -2.41. The van der Waals surface area contributed by atoms with Crippen molar-refractivity contribution < 1.29 is 26.4 Å². The van der Waals surface area contributed by atoms with Crippen LogP contribution >= 0.6 is 0 Å². The van der Waals surface area contributed by atoms with Crippen LogP contribution in [0.2, 0.25) is 0 Å². The number of ether oxygens (including phenoxy) is 1. The van der Waals surface area contributed by atoms with Gasteiger partial charge in [0.1, 0.15) is 25.4 Å². The van der Waals surface area contributed by atoms with Gasteiger partial charge in [0.15, 0.2) is 11.4 Å². The summed E-state index contributed by atoms with van der Waals surface area (Å²) in [5.41, 5.74) is -0.554. The van der Waals surface area contributed by atoms with E-state index in [1.54, 1.807) is 24.3 Å². The number of benzene rings is 1. The molecule has 0 saturated carbocycles. The molecule has 0 fully saturated rings. The average Bonchev–Trinajstić information content (AvgIpc) is 2.52. The van der Waals surface area contributed by atoms with E-state index >= 15 is 0 Å². The molecular formula is C18H26O6S2. The Bertz CT molecular complexity index is 873. The molecule has 2 unspecified atom stereocenters. The van der Waals surface area contributed by atoms with E-state index in [1.807, 2.05) is 6.92 Å². The quantitative estimate of drug-likeness (QED) is 0.661. The highest BCUT2D eigenvalue weighted by molar-refractivity contribution is 7.90. The van der Waals surface area contributed by atoms with Crippen LogP contribution in [0.1, 0.15) is 44.1 Å². The molecular weight excluding hydrogens is 376 g/mol. The monoisotopic (exact) mass is 402 g/mol. The van der Waals surface area contributed by atoms with E-state index in [-0.39, 0.29) is 30.1 Å². The maximum atomic E-state index is 13.3. The minimum atomic E-state index is -3.26. The minimum absolute atomic E-state index is 0.0716. The Morgan fingerprint density at radius 3 is 2.19 bits per heavy atom. The van der Waals surface area contributed by atoms with Gasteiger partial charge >= 0.3 is 0 Å². The summed E-state index contributed by atoms with van der Waals surface area (Å²) >= 11 is 0. The molecule has 1 aliphatic rings. The van der Waals surface area contributed by atoms with E-state index in [0.29, 0.717) is 24.2 Å².